The third-order valence-electron chi connectivity index (χ3n) is 3.51. The van der Waals surface area contributed by atoms with Crippen LogP contribution in [0.3, 0.4) is 0 Å². The van der Waals surface area contributed by atoms with E-state index < -0.39 is 5.82 Å². The Morgan fingerprint density at radius 1 is 1.28 bits per heavy atom. The molecule has 1 N–H and O–H groups in total. The lowest BCUT2D eigenvalue weighted by atomic mass is 10.1. The minimum atomic E-state index is -0.413. The Balaban J connectivity index is 1.75. The first-order valence-corrected chi connectivity index (χ1v) is 8.53. The van der Waals surface area contributed by atoms with Gasteiger partial charge in [-0.3, -0.25) is 4.79 Å². The third kappa shape index (κ3) is 4.14. The molecule has 0 bridgehead atoms. The monoisotopic (exact) mass is 351 g/mol. The molecule has 0 aliphatic heterocycles. The van der Waals surface area contributed by atoms with Crippen LogP contribution in [0, 0.1) is 24.1 Å². The molecular formula is C19H14FN3OS. The highest BCUT2D eigenvalue weighted by atomic mass is 32.2. The number of hydrogen-bond donors (Lipinski definition) is 1. The van der Waals surface area contributed by atoms with Gasteiger partial charge in [0.1, 0.15) is 16.9 Å². The van der Waals surface area contributed by atoms with Crippen LogP contribution in [0.4, 0.5) is 10.1 Å². The summed E-state index contributed by atoms with van der Waals surface area (Å²) in [4.78, 5) is 16.5. The lowest BCUT2D eigenvalue weighted by molar-refractivity contribution is -0.113. The van der Waals surface area contributed by atoms with Crippen molar-refractivity contribution in [2.45, 2.75) is 11.9 Å². The smallest absolute Gasteiger partial charge is 0.234 e. The van der Waals surface area contributed by atoms with Crippen LogP contribution in [-0.4, -0.2) is 16.6 Å². The van der Waals surface area contributed by atoms with Crippen molar-refractivity contribution in [3.8, 4) is 6.07 Å². The summed E-state index contributed by atoms with van der Waals surface area (Å²) in [5.74, 6) is -0.621. The molecule has 2 aromatic carbocycles. The molecule has 6 heteroatoms. The summed E-state index contributed by atoms with van der Waals surface area (Å²) in [6.07, 6.45) is 0. The summed E-state index contributed by atoms with van der Waals surface area (Å²) in [6.45, 7) is 1.97. The van der Waals surface area contributed by atoms with Crippen LogP contribution in [0.1, 0.15) is 11.1 Å². The van der Waals surface area contributed by atoms with E-state index in [-0.39, 0.29) is 11.7 Å². The predicted molar refractivity (Wildman–Crippen MR) is 96.9 cm³/mol. The number of aromatic nitrogens is 1. The van der Waals surface area contributed by atoms with Gasteiger partial charge in [0.05, 0.1) is 16.8 Å². The molecule has 0 saturated carbocycles. The van der Waals surface area contributed by atoms with Crippen LogP contribution < -0.4 is 5.32 Å². The molecule has 0 unspecified atom stereocenters. The van der Waals surface area contributed by atoms with E-state index >= 15 is 0 Å². The van der Waals surface area contributed by atoms with Crippen LogP contribution in [0.25, 0.3) is 10.9 Å². The Bertz CT molecular complexity index is 998. The van der Waals surface area contributed by atoms with Crippen LogP contribution >= 0.6 is 11.8 Å². The van der Waals surface area contributed by atoms with Gasteiger partial charge in [-0.2, -0.15) is 5.26 Å². The van der Waals surface area contributed by atoms with Gasteiger partial charge in [-0.15, -0.1) is 0 Å². The largest absolute Gasteiger partial charge is 0.325 e. The number of halogens is 1. The first-order valence-electron chi connectivity index (χ1n) is 7.55. The number of pyridine rings is 1. The second-order valence-corrected chi connectivity index (χ2v) is 6.46. The van der Waals surface area contributed by atoms with E-state index in [1.807, 2.05) is 25.1 Å². The number of nitrogens with zero attached hydrogens (tertiary/aromatic N) is 2. The first-order chi connectivity index (χ1) is 12.0. The highest BCUT2D eigenvalue weighted by Gasteiger charge is 2.11. The molecule has 0 saturated heterocycles. The number of carbonyl (C=O) groups is 1. The number of anilines is 1. The topological polar surface area (TPSA) is 65.8 Å². The molecule has 0 fully saturated rings. The summed E-state index contributed by atoms with van der Waals surface area (Å²) >= 11 is 1.18. The van der Waals surface area contributed by atoms with E-state index in [9.17, 15) is 14.4 Å². The highest BCUT2D eigenvalue weighted by molar-refractivity contribution is 8.00. The Labute approximate surface area is 148 Å². The van der Waals surface area contributed by atoms with Gasteiger partial charge in [-0.25, -0.2) is 9.37 Å². The van der Waals surface area contributed by atoms with Gasteiger partial charge < -0.3 is 5.32 Å². The van der Waals surface area contributed by atoms with E-state index in [4.69, 9.17) is 0 Å². The molecule has 1 amide bonds. The van der Waals surface area contributed by atoms with Crippen molar-refractivity contribution in [2.75, 3.05) is 11.1 Å². The van der Waals surface area contributed by atoms with E-state index in [0.717, 1.165) is 16.5 Å². The summed E-state index contributed by atoms with van der Waals surface area (Å²) in [6, 6.07) is 15.4. The van der Waals surface area contributed by atoms with Crippen molar-refractivity contribution in [3.63, 3.8) is 0 Å². The van der Waals surface area contributed by atoms with Gasteiger partial charge in [0, 0.05) is 11.1 Å². The molecule has 1 heterocycles. The molecule has 0 spiro atoms. The van der Waals surface area contributed by atoms with Crippen LogP contribution in [-0.2, 0) is 4.79 Å². The lowest BCUT2D eigenvalue weighted by Crippen LogP contribution is -2.14. The van der Waals surface area contributed by atoms with Gasteiger partial charge >= 0.3 is 0 Å². The maximum absolute atomic E-state index is 13.1. The highest BCUT2D eigenvalue weighted by Crippen LogP contribution is 2.25. The van der Waals surface area contributed by atoms with Crippen molar-refractivity contribution < 1.29 is 9.18 Å². The zero-order valence-corrected chi connectivity index (χ0v) is 14.2. The third-order valence-corrected chi connectivity index (χ3v) is 4.50. The molecule has 3 rings (SSSR count). The zero-order valence-electron chi connectivity index (χ0n) is 13.4. The van der Waals surface area contributed by atoms with Crippen molar-refractivity contribution in [1.82, 2.24) is 4.98 Å². The van der Waals surface area contributed by atoms with Gasteiger partial charge in [0.2, 0.25) is 5.91 Å². The molecule has 0 aliphatic rings. The lowest BCUT2D eigenvalue weighted by Gasteiger charge is -2.07. The van der Waals surface area contributed by atoms with E-state index in [2.05, 4.69) is 16.4 Å². The van der Waals surface area contributed by atoms with E-state index in [1.165, 1.54) is 30.0 Å². The van der Waals surface area contributed by atoms with Crippen LogP contribution in [0.5, 0.6) is 0 Å². The van der Waals surface area contributed by atoms with E-state index in [0.29, 0.717) is 16.3 Å². The van der Waals surface area contributed by atoms with Crippen molar-refractivity contribution in [3.05, 3.63) is 65.5 Å². The molecule has 0 aliphatic carbocycles. The Kier molecular flexibility index (Phi) is 4.96. The van der Waals surface area contributed by atoms with E-state index in [1.54, 1.807) is 12.1 Å². The minimum absolute atomic E-state index is 0.0789. The fourth-order valence-corrected chi connectivity index (χ4v) is 3.11. The number of amides is 1. The average molecular weight is 351 g/mol. The fourth-order valence-electron chi connectivity index (χ4n) is 2.35. The molecule has 124 valence electrons. The quantitative estimate of drug-likeness (QED) is 0.712. The van der Waals surface area contributed by atoms with Gasteiger partial charge in [-0.05, 0) is 42.8 Å². The van der Waals surface area contributed by atoms with Crippen molar-refractivity contribution in [2.24, 2.45) is 0 Å². The molecule has 0 radical (unpaired) electrons. The summed E-state index contributed by atoms with van der Waals surface area (Å²) in [7, 11) is 0. The normalized spacial score (nSPS) is 10.4. The number of aryl methyl sites for hydroxylation is 1. The van der Waals surface area contributed by atoms with Crippen molar-refractivity contribution in [1.29, 1.82) is 5.26 Å². The second kappa shape index (κ2) is 7.32. The van der Waals surface area contributed by atoms with Crippen molar-refractivity contribution >= 4 is 34.3 Å². The number of benzene rings is 2. The Morgan fingerprint density at radius 3 is 2.88 bits per heavy atom. The zero-order chi connectivity index (χ0) is 17.8. The standard InChI is InChI=1S/C19H14FN3OS/c1-12-5-6-13-8-14(10-21)19(23-17(13)7-12)25-11-18(24)22-16-4-2-3-15(20)9-16/h2-9H,11H2,1H3,(H,22,24). The fraction of sp³-hybridized carbons (Fsp3) is 0.105. The van der Waals surface area contributed by atoms with Crippen LogP contribution in [0.2, 0.25) is 0 Å². The minimum Gasteiger partial charge on any atom is -0.325 e. The number of thioether (sulfide) groups is 1. The number of rotatable bonds is 4. The first kappa shape index (κ1) is 16.9. The SMILES string of the molecule is Cc1ccc2cc(C#N)c(SCC(=O)Nc3cccc(F)c3)nc2c1. The molecule has 4 nitrogen and oxygen atoms in total. The van der Waals surface area contributed by atoms with Gasteiger partial charge in [0.25, 0.3) is 0 Å². The Morgan fingerprint density at radius 2 is 2.12 bits per heavy atom. The maximum atomic E-state index is 13.1. The average Bonchev–Trinajstić information content (AvgIpc) is 2.59. The molecule has 3 aromatic rings. The summed E-state index contributed by atoms with van der Waals surface area (Å²) < 4.78 is 13.1. The Hall–Kier alpha value is -2.91. The van der Waals surface area contributed by atoms with Gasteiger partial charge in [-0.1, -0.05) is 30.0 Å². The number of fused-ring (bicyclic) bond motifs is 1. The second-order valence-electron chi connectivity index (χ2n) is 5.50. The summed E-state index contributed by atoms with van der Waals surface area (Å²) in [5, 5.41) is 13.3. The summed E-state index contributed by atoms with van der Waals surface area (Å²) in [5.41, 5.74) is 2.68. The maximum Gasteiger partial charge on any atom is 0.234 e. The predicted octanol–water partition coefficient (Wildman–Crippen LogP) is 4.28. The number of hydrogen-bond acceptors (Lipinski definition) is 4. The molecule has 1 aromatic heterocycles. The molecular weight excluding hydrogens is 337 g/mol. The number of nitriles is 1. The number of carbonyl (C=O) groups excluding carboxylic acids is 1. The molecule has 0 atom stereocenters. The van der Waals surface area contributed by atoms with Gasteiger partial charge in [0.15, 0.2) is 0 Å². The number of nitrogens with one attached hydrogen (secondary N) is 1. The molecule has 25 heavy (non-hydrogen) atoms. The van der Waals surface area contributed by atoms with Crippen LogP contribution in [0.15, 0.2) is 53.6 Å².